The van der Waals surface area contributed by atoms with Crippen molar-refractivity contribution in [1.82, 2.24) is 0 Å². The van der Waals surface area contributed by atoms with E-state index < -0.39 is 0 Å². The van der Waals surface area contributed by atoms with Gasteiger partial charge in [-0.15, -0.1) is 11.8 Å². The normalized spacial score (nSPS) is 10.3. The fraction of sp³-hybridized carbons (Fsp3) is 0.500. The molecule has 0 bridgehead atoms. The molecule has 1 aromatic rings. The Morgan fingerprint density at radius 3 is 2.62 bits per heavy atom. The van der Waals surface area contributed by atoms with E-state index in [1.54, 1.807) is 11.8 Å². The second-order valence-corrected chi connectivity index (χ2v) is 4.96. The van der Waals surface area contributed by atoms with E-state index >= 15 is 0 Å². The zero-order valence-corrected chi connectivity index (χ0v) is 10.8. The minimum absolute atomic E-state index is 0.398. The minimum Gasteiger partial charge on any atom is -0.299 e. The van der Waals surface area contributed by atoms with Gasteiger partial charge in [-0.05, 0) is 12.0 Å². The number of unbranched alkanes of at least 4 members (excludes halogenated alkanes) is 2. The van der Waals surface area contributed by atoms with Gasteiger partial charge in [0, 0.05) is 12.2 Å². The third kappa shape index (κ3) is 5.96. The Bertz CT molecular complexity index is 295. The molecular weight excluding hydrogens is 216 g/mol. The summed E-state index contributed by atoms with van der Waals surface area (Å²) in [6, 6.07) is 10.3. The highest BCUT2D eigenvalue weighted by molar-refractivity contribution is 7.99. The van der Waals surface area contributed by atoms with E-state index in [9.17, 15) is 4.79 Å². The zero-order valence-electron chi connectivity index (χ0n) is 9.95. The molecular formula is C14H20OS. The highest BCUT2D eigenvalue weighted by Gasteiger charge is 2.01. The van der Waals surface area contributed by atoms with Gasteiger partial charge in [-0.2, -0.15) is 0 Å². The number of carbonyl (C=O) groups excluding carboxylic acids is 1. The van der Waals surface area contributed by atoms with Crippen molar-refractivity contribution in [3.63, 3.8) is 0 Å². The van der Waals surface area contributed by atoms with Gasteiger partial charge in [-0.1, -0.05) is 50.1 Å². The summed E-state index contributed by atoms with van der Waals surface area (Å²) in [5.74, 6) is 2.01. The maximum Gasteiger partial charge on any atom is 0.142 e. The third-order valence-corrected chi connectivity index (χ3v) is 3.50. The molecule has 0 radical (unpaired) electrons. The molecule has 16 heavy (non-hydrogen) atoms. The van der Waals surface area contributed by atoms with Gasteiger partial charge in [0.15, 0.2) is 0 Å². The Labute approximate surface area is 103 Å². The van der Waals surface area contributed by atoms with Crippen LogP contribution >= 0.6 is 11.8 Å². The molecule has 0 N–H and O–H groups in total. The Morgan fingerprint density at radius 2 is 1.94 bits per heavy atom. The average molecular weight is 236 g/mol. The van der Waals surface area contributed by atoms with Crippen LogP contribution in [0.4, 0.5) is 0 Å². The first-order valence-corrected chi connectivity index (χ1v) is 7.11. The summed E-state index contributed by atoms with van der Waals surface area (Å²) < 4.78 is 0. The number of hydrogen-bond donors (Lipinski definition) is 0. The van der Waals surface area contributed by atoms with Crippen molar-refractivity contribution in [1.29, 1.82) is 0 Å². The average Bonchev–Trinajstić information content (AvgIpc) is 2.31. The lowest BCUT2D eigenvalue weighted by Gasteiger charge is -2.01. The van der Waals surface area contributed by atoms with E-state index in [-0.39, 0.29) is 0 Å². The molecule has 88 valence electrons. The van der Waals surface area contributed by atoms with Gasteiger partial charge in [-0.3, -0.25) is 4.79 Å². The van der Waals surface area contributed by atoms with E-state index in [4.69, 9.17) is 0 Å². The fourth-order valence-corrected chi connectivity index (χ4v) is 2.40. The van der Waals surface area contributed by atoms with Gasteiger partial charge < -0.3 is 0 Å². The molecule has 0 unspecified atom stereocenters. The Balaban J connectivity index is 2.09. The molecule has 1 rings (SSSR count). The van der Waals surface area contributed by atoms with Crippen molar-refractivity contribution >= 4 is 17.5 Å². The van der Waals surface area contributed by atoms with Gasteiger partial charge in [-0.25, -0.2) is 0 Å². The van der Waals surface area contributed by atoms with Crippen LogP contribution in [0.25, 0.3) is 0 Å². The number of ketones is 1. The van der Waals surface area contributed by atoms with Gasteiger partial charge in [0.25, 0.3) is 0 Å². The van der Waals surface area contributed by atoms with Crippen LogP contribution in [-0.4, -0.2) is 11.5 Å². The van der Waals surface area contributed by atoms with E-state index in [0.717, 1.165) is 18.6 Å². The Kier molecular flexibility index (Phi) is 6.98. The predicted molar refractivity (Wildman–Crippen MR) is 71.8 cm³/mol. The van der Waals surface area contributed by atoms with Gasteiger partial charge in [0.2, 0.25) is 0 Å². The van der Waals surface area contributed by atoms with Crippen LogP contribution < -0.4 is 0 Å². The molecule has 0 amide bonds. The largest absolute Gasteiger partial charge is 0.299 e. The standard InChI is InChI=1S/C14H20OS/c1-2-3-5-10-14(15)12-16-11-13-8-6-4-7-9-13/h4,6-9H,2-3,5,10-12H2,1H3. The van der Waals surface area contributed by atoms with Crippen LogP contribution in [0, 0.1) is 0 Å². The van der Waals surface area contributed by atoms with Crippen LogP contribution in [0.1, 0.15) is 38.2 Å². The molecule has 0 fully saturated rings. The molecule has 1 aromatic carbocycles. The molecule has 0 saturated heterocycles. The summed E-state index contributed by atoms with van der Waals surface area (Å²) >= 11 is 1.72. The Hall–Kier alpha value is -0.760. The SMILES string of the molecule is CCCCCC(=O)CSCc1ccccc1. The lowest BCUT2D eigenvalue weighted by molar-refractivity contribution is -0.116. The zero-order chi connectivity index (χ0) is 11.6. The van der Waals surface area contributed by atoms with Crippen LogP contribution in [0.15, 0.2) is 30.3 Å². The summed E-state index contributed by atoms with van der Waals surface area (Å²) in [6.45, 7) is 2.16. The third-order valence-electron chi connectivity index (χ3n) is 2.43. The highest BCUT2D eigenvalue weighted by atomic mass is 32.2. The van der Waals surface area contributed by atoms with Crippen molar-refractivity contribution in [3.8, 4) is 0 Å². The molecule has 2 heteroatoms. The van der Waals surface area contributed by atoms with Crippen molar-refractivity contribution < 1.29 is 4.79 Å². The first-order chi connectivity index (χ1) is 7.83. The van der Waals surface area contributed by atoms with E-state index in [2.05, 4.69) is 19.1 Å². The van der Waals surface area contributed by atoms with Crippen LogP contribution in [0.5, 0.6) is 0 Å². The maximum absolute atomic E-state index is 11.5. The fourth-order valence-electron chi connectivity index (χ4n) is 1.50. The lowest BCUT2D eigenvalue weighted by Crippen LogP contribution is -2.01. The Morgan fingerprint density at radius 1 is 1.19 bits per heavy atom. The van der Waals surface area contributed by atoms with E-state index in [0.29, 0.717) is 11.5 Å². The molecule has 0 aliphatic heterocycles. The first kappa shape index (κ1) is 13.3. The predicted octanol–water partition coefficient (Wildman–Crippen LogP) is 4.07. The summed E-state index contributed by atoms with van der Waals surface area (Å²) in [4.78, 5) is 11.5. The summed E-state index contributed by atoms with van der Waals surface area (Å²) in [7, 11) is 0. The quantitative estimate of drug-likeness (QED) is 0.633. The summed E-state index contributed by atoms with van der Waals surface area (Å²) in [6.07, 6.45) is 4.18. The van der Waals surface area contributed by atoms with Crippen LogP contribution in [0.3, 0.4) is 0 Å². The van der Waals surface area contributed by atoms with Crippen molar-refractivity contribution in [2.45, 2.75) is 38.4 Å². The molecule has 0 aliphatic carbocycles. The van der Waals surface area contributed by atoms with Gasteiger partial charge in [0.05, 0.1) is 5.75 Å². The maximum atomic E-state index is 11.5. The number of hydrogen-bond acceptors (Lipinski definition) is 2. The van der Waals surface area contributed by atoms with Crippen LogP contribution in [-0.2, 0) is 10.5 Å². The second kappa shape index (κ2) is 8.40. The molecule has 0 aromatic heterocycles. The van der Waals surface area contributed by atoms with Gasteiger partial charge in [0.1, 0.15) is 5.78 Å². The number of Topliss-reactive ketones (excluding diaryl/α,β-unsaturated/α-hetero) is 1. The number of benzene rings is 1. The van der Waals surface area contributed by atoms with E-state index in [1.807, 2.05) is 18.2 Å². The smallest absolute Gasteiger partial charge is 0.142 e. The topological polar surface area (TPSA) is 17.1 Å². The number of thioether (sulfide) groups is 1. The van der Waals surface area contributed by atoms with Crippen LogP contribution in [0.2, 0.25) is 0 Å². The monoisotopic (exact) mass is 236 g/mol. The molecule has 0 aliphatic rings. The molecule has 0 saturated carbocycles. The molecule has 0 atom stereocenters. The minimum atomic E-state index is 0.398. The first-order valence-electron chi connectivity index (χ1n) is 5.96. The lowest BCUT2D eigenvalue weighted by atomic mass is 10.2. The highest BCUT2D eigenvalue weighted by Crippen LogP contribution is 2.13. The van der Waals surface area contributed by atoms with Crippen molar-refractivity contribution in [2.75, 3.05) is 5.75 Å². The number of carbonyl (C=O) groups is 1. The number of rotatable bonds is 8. The summed E-state index contributed by atoms with van der Waals surface area (Å²) in [5.41, 5.74) is 1.30. The molecule has 1 nitrogen and oxygen atoms in total. The van der Waals surface area contributed by atoms with Crippen molar-refractivity contribution in [2.24, 2.45) is 0 Å². The van der Waals surface area contributed by atoms with Gasteiger partial charge >= 0.3 is 0 Å². The summed E-state index contributed by atoms with van der Waals surface area (Å²) in [5, 5.41) is 0. The second-order valence-electron chi connectivity index (χ2n) is 3.97. The molecule has 0 spiro atoms. The molecule has 0 heterocycles. The van der Waals surface area contributed by atoms with E-state index in [1.165, 1.54) is 18.4 Å². The van der Waals surface area contributed by atoms with Crippen molar-refractivity contribution in [3.05, 3.63) is 35.9 Å².